The summed E-state index contributed by atoms with van der Waals surface area (Å²) in [4.78, 5) is 25.8. The summed E-state index contributed by atoms with van der Waals surface area (Å²) >= 11 is 0. The van der Waals surface area contributed by atoms with Crippen molar-refractivity contribution in [1.82, 2.24) is 10.6 Å². The topological polar surface area (TPSA) is 70.2 Å². The van der Waals surface area contributed by atoms with E-state index in [0.29, 0.717) is 11.6 Å². The molecule has 1 aliphatic heterocycles. The Kier molecular flexibility index (Phi) is 3.78. The lowest BCUT2D eigenvalue weighted by atomic mass is 9.51. The highest BCUT2D eigenvalue weighted by Gasteiger charge is 2.60. The van der Waals surface area contributed by atoms with E-state index in [9.17, 15) is 9.59 Å². The van der Waals surface area contributed by atoms with Crippen LogP contribution in [0.4, 0.5) is 5.69 Å². The van der Waals surface area contributed by atoms with Crippen LogP contribution in [0.25, 0.3) is 0 Å². The Balaban J connectivity index is 1.39. The number of hydrogen-bond acceptors (Lipinski definition) is 3. The predicted molar refractivity (Wildman–Crippen MR) is 104 cm³/mol. The number of hydrogen-bond donors (Lipinski definition) is 3. The highest BCUT2D eigenvalue weighted by molar-refractivity contribution is 6.02. The molecule has 2 bridgehead atoms. The normalized spacial score (nSPS) is 37.6. The van der Waals surface area contributed by atoms with Crippen LogP contribution >= 0.6 is 0 Å². The molecule has 0 aromatic heterocycles. The summed E-state index contributed by atoms with van der Waals surface area (Å²) in [7, 11) is 0. The molecular formula is C22H29N3O2. The first-order chi connectivity index (χ1) is 13.0. The first-order valence-corrected chi connectivity index (χ1v) is 10.5. The van der Waals surface area contributed by atoms with Gasteiger partial charge in [-0.3, -0.25) is 9.59 Å². The molecule has 2 amide bonds. The molecule has 1 spiro atoms. The molecule has 1 aromatic carbocycles. The summed E-state index contributed by atoms with van der Waals surface area (Å²) in [5.74, 6) is 0.591. The van der Waals surface area contributed by atoms with Crippen LogP contribution < -0.4 is 16.0 Å². The average molecular weight is 367 g/mol. The van der Waals surface area contributed by atoms with Gasteiger partial charge < -0.3 is 16.0 Å². The van der Waals surface area contributed by atoms with Crippen molar-refractivity contribution in [2.45, 2.75) is 70.0 Å². The maximum absolute atomic E-state index is 13.1. The second-order valence-corrected chi connectivity index (χ2v) is 9.44. The number of para-hydroxylation sites is 1. The van der Waals surface area contributed by atoms with Gasteiger partial charge in [0.25, 0.3) is 5.91 Å². The van der Waals surface area contributed by atoms with Gasteiger partial charge >= 0.3 is 0 Å². The second kappa shape index (κ2) is 5.98. The van der Waals surface area contributed by atoms with E-state index in [4.69, 9.17) is 0 Å². The number of anilines is 1. The first kappa shape index (κ1) is 17.1. The van der Waals surface area contributed by atoms with Gasteiger partial charge in [-0.1, -0.05) is 31.9 Å². The van der Waals surface area contributed by atoms with Crippen molar-refractivity contribution < 1.29 is 9.59 Å². The van der Waals surface area contributed by atoms with Crippen molar-refractivity contribution in [1.29, 1.82) is 0 Å². The van der Waals surface area contributed by atoms with Gasteiger partial charge in [-0.05, 0) is 56.1 Å². The zero-order valence-corrected chi connectivity index (χ0v) is 16.0. The van der Waals surface area contributed by atoms with E-state index in [2.05, 4.69) is 22.9 Å². The number of benzene rings is 1. The molecule has 5 aliphatic rings. The first-order valence-electron chi connectivity index (χ1n) is 10.5. The van der Waals surface area contributed by atoms with Crippen LogP contribution in [-0.2, 0) is 4.79 Å². The Morgan fingerprint density at radius 1 is 1.15 bits per heavy atom. The third kappa shape index (κ3) is 2.66. The molecule has 4 aliphatic carbocycles. The van der Waals surface area contributed by atoms with Crippen molar-refractivity contribution in [3.05, 3.63) is 29.8 Å². The van der Waals surface area contributed by atoms with Gasteiger partial charge in [-0.25, -0.2) is 0 Å². The minimum Gasteiger partial charge on any atom is -0.362 e. The summed E-state index contributed by atoms with van der Waals surface area (Å²) in [6.45, 7) is 2.25. The van der Waals surface area contributed by atoms with Gasteiger partial charge in [0, 0.05) is 23.6 Å². The molecule has 0 unspecified atom stereocenters. The summed E-state index contributed by atoms with van der Waals surface area (Å²) in [6, 6.07) is 8.10. The molecule has 4 saturated carbocycles. The lowest BCUT2D eigenvalue weighted by molar-refractivity contribution is -0.140. The van der Waals surface area contributed by atoms with Crippen molar-refractivity contribution in [2.75, 3.05) is 5.32 Å². The lowest BCUT2D eigenvalue weighted by Crippen LogP contribution is -2.70. The molecule has 0 saturated heterocycles. The molecule has 5 nitrogen and oxygen atoms in total. The van der Waals surface area contributed by atoms with Gasteiger partial charge in [0.1, 0.15) is 5.66 Å². The van der Waals surface area contributed by atoms with Gasteiger partial charge in [0.2, 0.25) is 5.91 Å². The van der Waals surface area contributed by atoms with Crippen molar-refractivity contribution in [3.63, 3.8) is 0 Å². The molecule has 6 rings (SSSR count). The molecule has 3 N–H and O–H groups in total. The van der Waals surface area contributed by atoms with E-state index in [1.807, 2.05) is 24.3 Å². The standard InChI is InChI=1S/C22H29N3O2/c1-21-11-10-14(12-17(21)20(27)23-15-6-2-3-7-15)22(13-21)24-18-9-5-4-8-16(18)19(26)25-22/h4-5,8-9,14-15,17,24H,2-3,6-7,10-13H2,1H3,(H,23,27)(H,25,26)/t14-,17+,21-,22+/m0/s1. The maximum atomic E-state index is 13.1. The van der Waals surface area contributed by atoms with Crippen LogP contribution in [0.15, 0.2) is 24.3 Å². The molecule has 4 fully saturated rings. The molecule has 0 radical (unpaired) electrons. The van der Waals surface area contributed by atoms with Crippen LogP contribution in [0.3, 0.4) is 0 Å². The summed E-state index contributed by atoms with van der Waals surface area (Å²) in [5.41, 5.74) is 1.14. The fourth-order valence-corrected chi connectivity index (χ4v) is 6.23. The third-order valence-corrected chi connectivity index (χ3v) is 7.69. The van der Waals surface area contributed by atoms with Crippen LogP contribution in [-0.4, -0.2) is 23.5 Å². The van der Waals surface area contributed by atoms with E-state index in [0.717, 1.165) is 44.2 Å². The molecular weight excluding hydrogens is 338 g/mol. The number of carbonyl (C=O) groups excluding carboxylic acids is 2. The molecule has 27 heavy (non-hydrogen) atoms. The Bertz CT molecular complexity index is 788. The monoisotopic (exact) mass is 367 g/mol. The third-order valence-electron chi connectivity index (χ3n) is 7.69. The fourth-order valence-electron chi connectivity index (χ4n) is 6.23. The van der Waals surface area contributed by atoms with Gasteiger partial charge in [-0.15, -0.1) is 0 Å². The number of carbonyl (C=O) groups is 2. The van der Waals surface area contributed by atoms with Crippen LogP contribution in [0.2, 0.25) is 0 Å². The zero-order chi connectivity index (χ0) is 18.6. The zero-order valence-electron chi connectivity index (χ0n) is 16.0. The summed E-state index contributed by atoms with van der Waals surface area (Å²) in [6.07, 6.45) is 8.48. The fraction of sp³-hybridized carbons (Fsp3) is 0.636. The smallest absolute Gasteiger partial charge is 0.255 e. The SMILES string of the molecule is C[C@@]12CC[C@@H](C[C@@H]1C(=O)NC1CCCC1)[C@@]1(C2)NC(=O)c2ccccc2N1. The van der Waals surface area contributed by atoms with Gasteiger partial charge in [-0.2, -0.15) is 0 Å². The van der Waals surface area contributed by atoms with E-state index >= 15 is 0 Å². The molecule has 144 valence electrons. The molecule has 1 heterocycles. The quantitative estimate of drug-likeness (QED) is 0.750. The van der Waals surface area contributed by atoms with Crippen LogP contribution in [0.1, 0.15) is 68.6 Å². The van der Waals surface area contributed by atoms with Crippen molar-refractivity contribution in [3.8, 4) is 0 Å². The maximum Gasteiger partial charge on any atom is 0.255 e. The molecule has 1 aromatic rings. The van der Waals surface area contributed by atoms with Gasteiger partial charge in [0.05, 0.1) is 5.56 Å². The molecule has 5 heteroatoms. The van der Waals surface area contributed by atoms with Crippen LogP contribution in [0, 0.1) is 17.3 Å². The van der Waals surface area contributed by atoms with Gasteiger partial charge in [0.15, 0.2) is 0 Å². The van der Waals surface area contributed by atoms with E-state index < -0.39 is 5.66 Å². The van der Waals surface area contributed by atoms with E-state index in [1.165, 1.54) is 12.8 Å². The Morgan fingerprint density at radius 3 is 2.70 bits per heavy atom. The Labute approximate surface area is 160 Å². The highest BCUT2D eigenvalue weighted by Crippen LogP contribution is 2.58. The summed E-state index contributed by atoms with van der Waals surface area (Å²) in [5, 5.41) is 10.3. The Hall–Kier alpha value is -2.04. The number of nitrogens with one attached hydrogen (secondary N) is 3. The van der Waals surface area contributed by atoms with E-state index in [1.54, 1.807) is 0 Å². The predicted octanol–water partition coefficient (Wildman–Crippen LogP) is 3.42. The van der Waals surface area contributed by atoms with Crippen molar-refractivity contribution >= 4 is 17.5 Å². The highest BCUT2D eigenvalue weighted by atomic mass is 16.2. The van der Waals surface area contributed by atoms with Crippen molar-refractivity contribution in [2.24, 2.45) is 17.3 Å². The minimum absolute atomic E-state index is 0.00690. The number of fused-ring (bicyclic) bond motifs is 3. The second-order valence-electron chi connectivity index (χ2n) is 9.44. The molecule has 4 atom stereocenters. The number of rotatable bonds is 2. The largest absolute Gasteiger partial charge is 0.362 e. The lowest BCUT2D eigenvalue weighted by Gasteiger charge is -2.60. The minimum atomic E-state index is -0.414. The van der Waals surface area contributed by atoms with Crippen LogP contribution in [0.5, 0.6) is 0 Å². The Morgan fingerprint density at radius 2 is 1.93 bits per heavy atom. The number of amides is 2. The average Bonchev–Trinajstić information content (AvgIpc) is 3.14. The summed E-state index contributed by atoms with van der Waals surface area (Å²) < 4.78 is 0. The van der Waals surface area contributed by atoms with E-state index in [-0.39, 0.29) is 29.1 Å².